The van der Waals surface area contributed by atoms with Crippen LogP contribution in [0.2, 0.25) is 0 Å². The second kappa shape index (κ2) is 8.46. The number of nitro groups is 2. The molecule has 0 aliphatic heterocycles. The lowest BCUT2D eigenvalue weighted by Gasteiger charge is -2.13. The highest BCUT2D eigenvalue weighted by atomic mass is 16.6. The number of rotatable bonds is 6. The summed E-state index contributed by atoms with van der Waals surface area (Å²) in [5.41, 5.74) is 1.94. The molecule has 0 radical (unpaired) electrons. The van der Waals surface area contributed by atoms with E-state index in [1.165, 1.54) is 26.1 Å². The summed E-state index contributed by atoms with van der Waals surface area (Å²) in [5.74, 6) is -0.162. The Balaban J connectivity index is 2.00. The van der Waals surface area contributed by atoms with Gasteiger partial charge in [0, 0.05) is 19.2 Å². The number of nitrogens with zero attached hydrogens (tertiary/aromatic N) is 4. The zero-order valence-corrected chi connectivity index (χ0v) is 18.1. The number of hydrogen-bond acceptors (Lipinski definition) is 7. The SMILES string of the molecule is Cc1cc(C)c(C)c(Oc2cc(NC(=O)c3c([N+](=O)[O-])c(C)nn3C)cc([N+](=O)[O-])c2)c1. The Morgan fingerprint density at radius 1 is 1.03 bits per heavy atom. The Labute approximate surface area is 182 Å². The summed E-state index contributed by atoms with van der Waals surface area (Å²) < 4.78 is 6.99. The van der Waals surface area contributed by atoms with Crippen LogP contribution in [0.15, 0.2) is 30.3 Å². The molecule has 3 aromatic rings. The molecule has 11 nitrogen and oxygen atoms in total. The number of benzene rings is 2. The second-order valence-electron chi connectivity index (χ2n) is 7.40. The van der Waals surface area contributed by atoms with Gasteiger partial charge in [-0.25, -0.2) is 0 Å². The number of carbonyl (C=O) groups is 1. The third kappa shape index (κ3) is 4.41. The minimum absolute atomic E-state index is 0.0504. The summed E-state index contributed by atoms with van der Waals surface area (Å²) in [6.07, 6.45) is 0. The zero-order chi connectivity index (χ0) is 23.7. The number of amides is 1. The van der Waals surface area contributed by atoms with Gasteiger partial charge in [-0.3, -0.25) is 29.7 Å². The molecule has 1 heterocycles. The molecule has 1 amide bonds. The number of nitro benzene ring substituents is 1. The number of aryl methyl sites for hydroxylation is 4. The molecule has 3 rings (SSSR count). The van der Waals surface area contributed by atoms with Gasteiger partial charge in [-0.1, -0.05) is 6.07 Å². The Hall–Kier alpha value is -4.28. The summed E-state index contributed by atoms with van der Waals surface area (Å²) in [6, 6.07) is 7.60. The number of carbonyl (C=O) groups excluding carboxylic acids is 1. The van der Waals surface area contributed by atoms with E-state index in [1.54, 1.807) is 6.07 Å². The fourth-order valence-electron chi connectivity index (χ4n) is 3.36. The highest BCUT2D eigenvalue weighted by molar-refractivity contribution is 6.06. The highest BCUT2D eigenvalue weighted by Gasteiger charge is 2.29. The molecule has 1 aromatic heterocycles. The standard InChI is InChI=1S/C21H21N5O6/c1-11-6-12(2)13(3)18(7-11)32-17-9-15(8-16(10-17)25(28)29)22-21(27)20-19(26(30)31)14(4)23-24(20)5/h6-10H,1-5H3,(H,22,27). The summed E-state index contributed by atoms with van der Waals surface area (Å²) >= 11 is 0. The van der Waals surface area contributed by atoms with E-state index in [9.17, 15) is 25.0 Å². The molecule has 0 aliphatic rings. The van der Waals surface area contributed by atoms with Gasteiger partial charge in [0.15, 0.2) is 0 Å². The van der Waals surface area contributed by atoms with Crippen LogP contribution in [0.5, 0.6) is 11.5 Å². The predicted molar refractivity (Wildman–Crippen MR) is 116 cm³/mol. The number of nitrogens with one attached hydrogen (secondary N) is 1. The van der Waals surface area contributed by atoms with Gasteiger partial charge in [-0.2, -0.15) is 5.10 Å². The molecular formula is C21H21N5O6. The normalized spacial score (nSPS) is 10.7. The van der Waals surface area contributed by atoms with Crippen LogP contribution in [0.3, 0.4) is 0 Å². The van der Waals surface area contributed by atoms with E-state index in [4.69, 9.17) is 4.74 Å². The van der Waals surface area contributed by atoms with E-state index in [0.717, 1.165) is 27.4 Å². The van der Waals surface area contributed by atoms with Crippen molar-refractivity contribution >= 4 is 23.0 Å². The fourth-order valence-corrected chi connectivity index (χ4v) is 3.36. The monoisotopic (exact) mass is 439 g/mol. The molecule has 166 valence electrons. The maximum atomic E-state index is 12.8. The minimum atomic E-state index is -0.825. The van der Waals surface area contributed by atoms with Crippen LogP contribution >= 0.6 is 0 Å². The third-order valence-corrected chi connectivity index (χ3v) is 4.94. The first-order valence-electron chi connectivity index (χ1n) is 9.52. The predicted octanol–water partition coefficient (Wildman–Crippen LogP) is 4.51. The number of aromatic nitrogens is 2. The Morgan fingerprint density at radius 3 is 2.34 bits per heavy atom. The van der Waals surface area contributed by atoms with E-state index in [0.29, 0.717) is 5.75 Å². The van der Waals surface area contributed by atoms with Gasteiger partial charge in [-0.05, 0) is 50.5 Å². The first-order chi connectivity index (χ1) is 15.0. The highest BCUT2D eigenvalue weighted by Crippen LogP contribution is 2.33. The summed E-state index contributed by atoms with van der Waals surface area (Å²) in [7, 11) is 1.40. The van der Waals surface area contributed by atoms with Crippen LogP contribution in [0, 0.1) is 47.9 Å². The van der Waals surface area contributed by atoms with Crippen molar-refractivity contribution < 1.29 is 19.4 Å². The average Bonchev–Trinajstić information content (AvgIpc) is 2.99. The van der Waals surface area contributed by atoms with Crippen molar-refractivity contribution in [3.8, 4) is 11.5 Å². The van der Waals surface area contributed by atoms with E-state index in [-0.39, 0.29) is 28.5 Å². The van der Waals surface area contributed by atoms with Crippen molar-refractivity contribution in [2.45, 2.75) is 27.7 Å². The van der Waals surface area contributed by atoms with Crippen LogP contribution in [-0.2, 0) is 7.05 Å². The molecule has 0 saturated carbocycles. The molecule has 0 fully saturated rings. The molecule has 0 unspecified atom stereocenters. The molecule has 0 saturated heterocycles. The van der Waals surface area contributed by atoms with Crippen LogP contribution in [-0.4, -0.2) is 25.5 Å². The summed E-state index contributed by atoms with van der Waals surface area (Å²) in [4.78, 5) is 34.3. The summed E-state index contributed by atoms with van der Waals surface area (Å²) in [5, 5.41) is 29.2. The van der Waals surface area contributed by atoms with Gasteiger partial charge in [0.25, 0.3) is 11.6 Å². The van der Waals surface area contributed by atoms with Crippen molar-refractivity contribution in [2.75, 3.05) is 5.32 Å². The van der Waals surface area contributed by atoms with Gasteiger partial charge in [0.2, 0.25) is 5.69 Å². The molecule has 1 N–H and O–H groups in total. The molecule has 0 atom stereocenters. The van der Waals surface area contributed by atoms with Crippen LogP contribution in [0.25, 0.3) is 0 Å². The lowest BCUT2D eigenvalue weighted by Crippen LogP contribution is -2.17. The van der Waals surface area contributed by atoms with Crippen molar-refractivity contribution in [2.24, 2.45) is 7.05 Å². The second-order valence-corrected chi connectivity index (χ2v) is 7.40. The van der Waals surface area contributed by atoms with Crippen molar-refractivity contribution in [1.82, 2.24) is 9.78 Å². The van der Waals surface area contributed by atoms with Crippen LogP contribution in [0.1, 0.15) is 32.9 Å². The van der Waals surface area contributed by atoms with E-state index in [1.807, 2.05) is 26.8 Å². The van der Waals surface area contributed by atoms with Crippen molar-refractivity contribution in [3.63, 3.8) is 0 Å². The van der Waals surface area contributed by atoms with Gasteiger partial charge >= 0.3 is 5.69 Å². The first kappa shape index (κ1) is 22.4. The molecule has 11 heteroatoms. The Kier molecular flexibility index (Phi) is 5.92. The van der Waals surface area contributed by atoms with Crippen molar-refractivity contribution in [1.29, 1.82) is 0 Å². The topological polar surface area (TPSA) is 142 Å². The molecule has 0 bridgehead atoms. The van der Waals surface area contributed by atoms with E-state index in [2.05, 4.69) is 10.4 Å². The fraction of sp³-hybridized carbons (Fsp3) is 0.238. The van der Waals surface area contributed by atoms with Gasteiger partial charge < -0.3 is 10.1 Å². The molecule has 0 spiro atoms. The Morgan fingerprint density at radius 2 is 1.72 bits per heavy atom. The van der Waals surface area contributed by atoms with Gasteiger partial charge in [0.1, 0.15) is 17.2 Å². The van der Waals surface area contributed by atoms with Gasteiger partial charge in [-0.15, -0.1) is 0 Å². The molecule has 0 aliphatic carbocycles. The molecule has 32 heavy (non-hydrogen) atoms. The van der Waals surface area contributed by atoms with Crippen LogP contribution < -0.4 is 10.1 Å². The summed E-state index contributed by atoms with van der Waals surface area (Å²) in [6.45, 7) is 7.12. The number of non-ortho nitro benzene ring substituents is 1. The number of anilines is 1. The Bertz CT molecular complexity index is 1260. The lowest BCUT2D eigenvalue weighted by atomic mass is 10.1. The zero-order valence-electron chi connectivity index (χ0n) is 18.1. The smallest absolute Gasteiger partial charge is 0.322 e. The van der Waals surface area contributed by atoms with Crippen LogP contribution in [0.4, 0.5) is 17.1 Å². The molecule has 2 aromatic carbocycles. The maximum absolute atomic E-state index is 12.8. The maximum Gasteiger partial charge on any atom is 0.322 e. The van der Waals surface area contributed by atoms with E-state index >= 15 is 0 Å². The lowest BCUT2D eigenvalue weighted by molar-refractivity contribution is -0.385. The van der Waals surface area contributed by atoms with E-state index < -0.39 is 21.4 Å². The largest absolute Gasteiger partial charge is 0.457 e. The first-order valence-corrected chi connectivity index (χ1v) is 9.52. The quantitative estimate of drug-likeness (QED) is 0.439. The molecular weight excluding hydrogens is 418 g/mol. The van der Waals surface area contributed by atoms with Crippen molar-refractivity contribution in [3.05, 3.63) is 78.6 Å². The average molecular weight is 439 g/mol. The van der Waals surface area contributed by atoms with Gasteiger partial charge in [0.05, 0.1) is 21.6 Å². The third-order valence-electron chi connectivity index (χ3n) is 4.94. The number of ether oxygens (including phenoxy) is 1. The minimum Gasteiger partial charge on any atom is -0.457 e. The number of hydrogen-bond donors (Lipinski definition) is 1.